The Labute approximate surface area is 113 Å². The Balaban J connectivity index is 2.57. The molecule has 1 aromatic heterocycles. The lowest BCUT2D eigenvalue weighted by molar-refractivity contribution is 0.0688. The SMILES string of the molecule is CC(C)c1c(C(=O)O)nnn1-c1ccc(Br)cc1. The molecule has 6 heteroatoms. The maximum absolute atomic E-state index is 11.1. The van der Waals surface area contributed by atoms with E-state index in [0.717, 1.165) is 10.2 Å². The van der Waals surface area contributed by atoms with Crippen LogP contribution in [-0.4, -0.2) is 26.1 Å². The Bertz CT molecular complexity index is 576. The normalized spacial score (nSPS) is 10.9. The third-order valence-electron chi connectivity index (χ3n) is 2.53. The van der Waals surface area contributed by atoms with E-state index in [1.807, 2.05) is 38.1 Å². The summed E-state index contributed by atoms with van der Waals surface area (Å²) in [5, 5.41) is 16.8. The molecule has 0 atom stereocenters. The highest BCUT2D eigenvalue weighted by atomic mass is 79.9. The minimum Gasteiger partial charge on any atom is -0.476 e. The van der Waals surface area contributed by atoms with E-state index >= 15 is 0 Å². The van der Waals surface area contributed by atoms with Crippen LogP contribution in [0, 0.1) is 0 Å². The zero-order chi connectivity index (χ0) is 13.3. The molecular formula is C12H12BrN3O2. The molecular weight excluding hydrogens is 298 g/mol. The molecule has 0 amide bonds. The standard InChI is InChI=1S/C12H12BrN3O2/c1-7(2)11-10(12(17)18)14-15-16(11)9-5-3-8(13)4-6-9/h3-7H,1-2H3,(H,17,18). The van der Waals surface area contributed by atoms with E-state index in [9.17, 15) is 4.79 Å². The van der Waals surface area contributed by atoms with Crippen LogP contribution in [0.3, 0.4) is 0 Å². The zero-order valence-electron chi connectivity index (χ0n) is 9.96. The second-order valence-corrected chi connectivity index (χ2v) is 5.09. The fourth-order valence-electron chi connectivity index (χ4n) is 1.73. The van der Waals surface area contributed by atoms with Gasteiger partial charge in [-0.3, -0.25) is 0 Å². The number of aromatic carboxylic acids is 1. The second-order valence-electron chi connectivity index (χ2n) is 4.17. The number of benzene rings is 1. The summed E-state index contributed by atoms with van der Waals surface area (Å²) in [6, 6.07) is 7.47. The van der Waals surface area contributed by atoms with Gasteiger partial charge in [-0.1, -0.05) is 35.0 Å². The van der Waals surface area contributed by atoms with Crippen molar-refractivity contribution in [2.24, 2.45) is 0 Å². The third-order valence-corrected chi connectivity index (χ3v) is 3.05. The summed E-state index contributed by atoms with van der Waals surface area (Å²) in [5.74, 6) is -1.03. The average molecular weight is 310 g/mol. The average Bonchev–Trinajstić information content (AvgIpc) is 2.74. The maximum atomic E-state index is 11.1. The van der Waals surface area contributed by atoms with Crippen molar-refractivity contribution in [1.82, 2.24) is 15.0 Å². The van der Waals surface area contributed by atoms with E-state index in [4.69, 9.17) is 5.11 Å². The number of carboxylic acid groups (broad SMARTS) is 1. The summed E-state index contributed by atoms with van der Waals surface area (Å²) in [6.07, 6.45) is 0. The van der Waals surface area contributed by atoms with Gasteiger partial charge in [-0.2, -0.15) is 0 Å². The van der Waals surface area contributed by atoms with Gasteiger partial charge in [0.25, 0.3) is 0 Å². The van der Waals surface area contributed by atoms with Gasteiger partial charge in [-0.05, 0) is 30.2 Å². The molecule has 2 aromatic rings. The summed E-state index contributed by atoms with van der Waals surface area (Å²) in [6.45, 7) is 3.83. The molecule has 0 aliphatic carbocycles. The van der Waals surface area contributed by atoms with E-state index in [0.29, 0.717) is 5.69 Å². The van der Waals surface area contributed by atoms with Crippen molar-refractivity contribution in [2.75, 3.05) is 0 Å². The van der Waals surface area contributed by atoms with Crippen LogP contribution in [-0.2, 0) is 0 Å². The first-order valence-electron chi connectivity index (χ1n) is 5.45. The van der Waals surface area contributed by atoms with Gasteiger partial charge in [0.05, 0.1) is 11.4 Å². The monoisotopic (exact) mass is 309 g/mol. The molecule has 0 unspecified atom stereocenters. The number of nitrogens with zero attached hydrogens (tertiary/aromatic N) is 3. The van der Waals surface area contributed by atoms with Crippen LogP contribution in [0.2, 0.25) is 0 Å². The molecule has 1 heterocycles. The van der Waals surface area contributed by atoms with Crippen molar-refractivity contribution in [1.29, 1.82) is 0 Å². The third kappa shape index (κ3) is 2.28. The highest BCUT2D eigenvalue weighted by molar-refractivity contribution is 9.10. The van der Waals surface area contributed by atoms with Gasteiger partial charge < -0.3 is 5.11 Å². The first kappa shape index (κ1) is 12.8. The number of carboxylic acids is 1. The Morgan fingerprint density at radius 1 is 1.33 bits per heavy atom. The lowest BCUT2D eigenvalue weighted by Gasteiger charge is -2.09. The largest absolute Gasteiger partial charge is 0.476 e. The summed E-state index contributed by atoms with van der Waals surface area (Å²) in [4.78, 5) is 11.1. The number of halogens is 1. The van der Waals surface area contributed by atoms with E-state index in [1.165, 1.54) is 0 Å². The fourth-order valence-corrected chi connectivity index (χ4v) is 2.00. The lowest BCUT2D eigenvalue weighted by atomic mass is 10.1. The molecule has 0 bridgehead atoms. The van der Waals surface area contributed by atoms with Gasteiger partial charge in [0.15, 0.2) is 5.69 Å². The fraction of sp³-hybridized carbons (Fsp3) is 0.250. The van der Waals surface area contributed by atoms with Crippen LogP contribution in [0.15, 0.2) is 28.7 Å². The summed E-state index contributed by atoms with van der Waals surface area (Å²) in [5.41, 5.74) is 1.40. The van der Waals surface area contributed by atoms with Crippen molar-refractivity contribution >= 4 is 21.9 Å². The molecule has 94 valence electrons. The van der Waals surface area contributed by atoms with E-state index < -0.39 is 5.97 Å². The first-order valence-corrected chi connectivity index (χ1v) is 6.25. The van der Waals surface area contributed by atoms with Crippen molar-refractivity contribution < 1.29 is 9.90 Å². The van der Waals surface area contributed by atoms with E-state index in [-0.39, 0.29) is 11.6 Å². The molecule has 18 heavy (non-hydrogen) atoms. The second kappa shape index (κ2) is 4.89. The predicted molar refractivity (Wildman–Crippen MR) is 70.1 cm³/mol. The highest BCUT2D eigenvalue weighted by Gasteiger charge is 2.22. The number of aromatic nitrogens is 3. The number of hydrogen-bond donors (Lipinski definition) is 1. The topological polar surface area (TPSA) is 68.0 Å². The van der Waals surface area contributed by atoms with Crippen LogP contribution >= 0.6 is 15.9 Å². The first-order chi connectivity index (χ1) is 8.50. The van der Waals surface area contributed by atoms with Crippen LogP contribution in [0.4, 0.5) is 0 Å². The molecule has 0 saturated heterocycles. The Morgan fingerprint density at radius 3 is 2.44 bits per heavy atom. The van der Waals surface area contributed by atoms with Gasteiger partial charge in [0.1, 0.15) is 0 Å². The van der Waals surface area contributed by atoms with Crippen LogP contribution in [0.5, 0.6) is 0 Å². The summed E-state index contributed by atoms with van der Waals surface area (Å²) >= 11 is 3.35. The van der Waals surface area contributed by atoms with E-state index in [1.54, 1.807) is 4.68 Å². The molecule has 5 nitrogen and oxygen atoms in total. The molecule has 1 N–H and O–H groups in total. The minimum atomic E-state index is -1.05. The Morgan fingerprint density at radius 2 is 1.94 bits per heavy atom. The molecule has 0 fully saturated rings. The quantitative estimate of drug-likeness (QED) is 0.946. The predicted octanol–water partition coefficient (Wildman–Crippen LogP) is 2.85. The Kier molecular flexibility index (Phi) is 3.47. The van der Waals surface area contributed by atoms with Crippen molar-refractivity contribution in [3.8, 4) is 5.69 Å². The highest BCUT2D eigenvalue weighted by Crippen LogP contribution is 2.22. The van der Waals surface area contributed by atoms with Crippen LogP contribution in [0.25, 0.3) is 5.69 Å². The van der Waals surface area contributed by atoms with Crippen LogP contribution < -0.4 is 0 Å². The van der Waals surface area contributed by atoms with Crippen LogP contribution in [0.1, 0.15) is 35.9 Å². The van der Waals surface area contributed by atoms with Gasteiger partial charge >= 0.3 is 5.97 Å². The Hall–Kier alpha value is -1.69. The lowest BCUT2D eigenvalue weighted by Crippen LogP contribution is -2.08. The zero-order valence-corrected chi connectivity index (χ0v) is 11.5. The van der Waals surface area contributed by atoms with Gasteiger partial charge in [0.2, 0.25) is 0 Å². The molecule has 0 radical (unpaired) electrons. The van der Waals surface area contributed by atoms with Crippen molar-refractivity contribution in [3.63, 3.8) is 0 Å². The van der Waals surface area contributed by atoms with Gasteiger partial charge in [-0.15, -0.1) is 5.10 Å². The number of carbonyl (C=O) groups is 1. The summed E-state index contributed by atoms with van der Waals surface area (Å²) in [7, 11) is 0. The maximum Gasteiger partial charge on any atom is 0.358 e. The van der Waals surface area contributed by atoms with Crippen molar-refractivity contribution in [2.45, 2.75) is 19.8 Å². The molecule has 0 aliphatic heterocycles. The summed E-state index contributed by atoms with van der Waals surface area (Å²) < 4.78 is 2.52. The molecule has 0 aliphatic rings. The molecule has 0 saturated carbocycles. The smallest absolute Gasteiger partial charge is 0.358 e. The number of rotatable bonds is 3. The van der Waals surface area contributed by atoms with Crippen molar-refractivity contribution in [3.05, 3.63) is 40.1 Å². The minimum absolute atomic E-state index is 0.00733. The number of hydrogen-bond acceptors (Lipinski definition) is 3. The molecule has 1 aromatic carbocycles. The van der Waals surface area contributed by atoms with E-state index in [2.05, 4.69) is 26.2 Å². The molecule has 2 rings (SSSR count). The van der Waals surface area contributed by atoms with Gasteiger partial charge in [-0.25, -0.2) is 9.48 Å². The molecule has 0 spiro atoms. The van der Waals surface area contributed by atoms with Gasteiger partial charge in [0, 0.05) is 4.47 Å².